The highest BCUT2D eigenvalue weighted by atomic mass is 16.2. The lowest BCUT2D eigenvalue weighted by molar-refractivity contribution is -0.138. The van der Waals surface area contributed by atoms with Crippen LogP contribution in [-0.2, 0) is 25.6 Å². The molecule has 8 nitrogen and oxygen atoms in total. The van der Waals surface area contributed by atoms with Crippen LogP contribution in [0, 0.1) is 0 Å². The Balaban J connectivity index is 1.91. The summed E-state index contributed by atoms with van der Waals surface area (Å²) in [5.74, 6) is -1.98. The first-order chi connectivity index (χ1) is 13.3. The molecule has 1 aromatic carbocycles. The Morgan fingerprint density at radius 3 is 2.32 bits per heavy atom. The largest absolute Gasteiger partial charge is 0.368 e. The van der Waals surface area contributed by atoms with Crippen LogP contribution < -0.4 is 21.7 Å². The van der Waals surface area contributed by atoms with E-state index in [0.29, 0.717) is 6.42 Å². The molecular formula is C20H26N4O4. The van der Waals surface area contributed by atoms with Gasteiger partial charge in [-0.2, -0.15) is 0 Å². The molecule has 1 fully saturated rings. The van der Waals surface area contributed by atoms with Gasteiger partial charge in [-0.25, -0.2) is 0 Å². The number of benzene rings is 1. The van der Waals surface area contributed by atoms with E-state index in [0.717, 1.165) is 11.1 Å². The van der Waals surface area contributed by atoms with Crippen LogP contribution in [0.15, 0.2) is 42.0 Å². The Labute approximate surface area is 163 Å². The van der Waals surface area contributed by atoms with E-state index in [4.69, 9.17) is 5.73 Å². The van der Waals surface area contributed by atoms with E-state index in [9.17, 15) is 19.2 Å². The van der Waals surface area contributed by atoms with Gasteiger partial charge in [0.2, 0.25) is 23.6 Å². The average molecular weight is 386 g/mol. The summed E-state index contributed by atoms with van der Waals surface area (Å²) >= 11 is 0. The van der Waals surface area contributed by atoms with Crippen LogP contribution in [0.2, 0.25) is 0 Å². The van der Waals surface area contributed by atoms with E-state index in [-0.39, 0.29) is 18.7 Å². The molecule has 1 aromatic rings. The van der Waals surface area contributed by atoms with Gasteiger partial charge in [-0.3, -0.25) is 19.2 Å². The van der Waals surface area contributed by atoms with Gasteiger partial charge in [0.05, 0.1) is 6.42 Å². The number of carbonyl (C=O) groups is 4. The van der Waals surface area contributed by atoms with E-state index in [1.54, 1.807) is 6.08 Å². The second kappa shape index (κ2) is 9.68. The molecule has 5 N–H and O–H groups in total. The highest BCUT2D eigenvalue weighted by Crippen LogP contribution is 2.09. The third-order valence-electron chi connectivity index (χ3n) is 4.38. The first-order valence-corrected chi connectivity index (χ1v) is 9.13. The molecule has 0 bridgehead atoms. The minimum Gasteiger partial charge on any atom is -0.368 e. The van der Waals surface area contributed by atoms with E-state index in [1.165, 1.54) is 0 Å². The summed E-state index contributed by atoms with van der Waals surface area (Å²) in [5, 5.41) is 7.75. The van der Waals surface area contributed by atoms with Crippen molar-refractivity contribution in [3.05, 3.63) is 47.5 Å². The second-order valence-electron chi connectivity index (χ2n) is 7.06. The van der Waals surface area contributed by atoms with E-state index >= 15 is 0 Å². The molecule has 28 heavy (non-hydrogen) atoms. The topological polar surface area (TPSA) is 130 Å². The summed E-state index contributed by atoms with van der Waals surface area (Å²) < 4.78 is 0. The fourth-order valence-electron chi connectivity index (χ4n) is 2.85. The number of nitrogens with two attached hydrogens (primary N) is 1. The number of hydrogen-bond acceptors (Lipinski definition) is 4. The molecule has 3 atom stereocenters. The Bertz CT molecular complexity index is 772. The normalized spacial score (nSPS) is 19.8. The smallest absolute Gasteiger partial charge is 0.243 e. The van der Waals surface area contributed by atoms with Gasteiger partial charge in [-0.15, -0.1) is 0 Å². The van der Waals surface area contributed by atoms with Crippen LogP contribution in [0.4, 0.5) is 0 Å². The number of allylic oxidation sites excluding steroid dienone is 1. The van der Waals surface area contributed by atoms with Crippen LogP contribution in [-0.4, -0.2) is 41.8 Å². The maximum Gasteiger partial charge on any atom is 0.243 e. The fourth-order valence-corrected chi connectivity index (χ4v) is 2.85. The van der Waals surface area contributed by atoms with Crippen LogP contribution in [0.25, 0.3) is 0 Å². The van der Waals surface area contributed by atoms with Crippen molar-refractivity contribution in [1.82, 2.24) is 16.0 Å². The molecule has 1 heterocycles. The Morgan fingerprint density at radius 2 is 1.71 bits per heavy atom. The van der Waals surface area contributed by atoms with Gasteiger partial charge >= 0.3 is 0 Å². The summed E-state index contributed by atoms with van der Waals surface area (Å²) in [6.45, 7) is 3.74. The molecule has 4 amide bonds. The lowest BCUT2D eigenvalue weighted by Crippen LogP contribution is -2.63. The second-order valence-corrected chi connectivity index (χ2v) is 7.06. The van der Waals surface area contributed by atoms with Crippen molar-refractivity contribution < 1.29 is 19.2 Å². The number of carbonyl (C=O) groups excluding carboxylic acids is 4. The SMILES string of the molecule is CC(C)=CC[C@H](NC(=O)C[C@@H]1NC(=O)[C@H](Cc2ccccc2)NC1=O)C(N)=O. The van der Waals surface area contributed by atoms with E-state index in [1.807, 2.05) is 44.2 Å². The van der Waals surface area contributed by atoms with E-state index < -0.39 is 35.8 Å². The third kappa shape index (κ3) is 6.22. The molecule has 0 aliphatic carbocycles. The average Bonchev–Trinajstić information content (AvgIpc) is 2.63. The van der Waals surface area contributed by atoms with Crippen LogP contribution >= 0.6 is 0 Å². The molecule has 2 rings (SSSR count). The highest BCUT2D eigenvalue weighted by Gasteiger charge is 2.35. The Kier molecular flexibility index (Phi) is 7.31. The molecule has 0 spiro atoms. The van der Waals surface area contributed by atoms with Crippen molar-refractivity contribution in [1.29, 1.82) is 0 Å². The molecule has 8 heteroatoms. The van der Waals surface area contributed by atoms with Gasteiger partial charge in [-0.05, 0) is 25.8 Å². The summed E-state index contributed by atoms with van der Waals surface area (Å²) in [6, 6.07) is 6.78. The van der Waals surface area contributed by atoms with E-state index in [2.05, 4.69) is 16.0 Å². The van der Waals surface area contributed by atoms with Crippen molar-refractivity contribution in [2.75, 3.05) is 0 Å². The Hall–Kier alpha value is -3.16. The predicted octanol–water partition coefficient (Wildman–Crippen LogP) is -0.0712. The first-order valence-electron chi connectivity index (χ1n) is 9.13. The lowest BCUT2D eigenvalue weighted by atomic mass is 10.0. The monoisotopic (exact) mass is 386 g/mol. The van der Waals surface area contributed by atoms with Crippen LogP contribution in [0.3, 0.4) is 0 Å². The lowest BCUT2D eigenvalue weighted by Gasteiger charge is -2.29. The van der Waals surface area contributed by atoms with Crippen molar-refractivity contribution >= 4 is 23.6 Å². The van der Waals surface area contributed by atoms with Crippen molar-refractivity contribution in [2.24, 2.45) is 5.73 Å². The molecule has 0 radical (unpaired) electrons. The van der Waals surface area contributed by atoms with Crippen molar-refractivity contribution in [2.45, 2.75) is 51.2 Å². The maximum atomic E-state index is 12.3. The number of amides is 4. The number of hydrogen-bond donors (Lipinski definition) is 4. The summed E-state index contributed by atoms with van der Waals surface area (Å²) in [6.07, 6.45) is 2.16. The first kappa shape index (κ1) is 21.1. The van der Waals surface area contributed by atoms with Gasteiger partial charge in [0.25, 0.3) is 0 Å². The minimum atomic E-state index is -0.989. The number of piperazine rings is 1. The molecule has 1 aliphatic rings. The van der Waals surface area contributed by atoms with Gasteiger partial charge in [0, 0.05) is 6.42 Å². The number of rotatable bonds is 8. The number of primary amides is 1. The number of nitrogens with one attached hydrogen (secondary N) is 3. The summed E-state index contributed by atoms with van der Waals surface area (Å²) in [7, 11) is 0. The zero-order valence-corrected chi connectivity index (χ0v) is 16.0. The zero-order valence-electron chi connectivity index (χ0n) is 16.0. The standard InChI is InChI=1S/C20H26N4O4/c1-12(2)8-9-14(18(21)26)22-17(25)11-16-20(28)23-15(19(27)24-16)10-13-6-4-3-5-7-13/h3-8,14-16H,9-11H2,1-2H3,(H2,21,26)(H,22,25)(H,23,28)(H,24,27)/t14-,15-,16-/m0/s1. The molecular weight excluding hydrogens is 360 g/mol. The molecule has 0 saturated carbocycles. The third-order valence-corrected chi connectivity index (χ3v) is 4.38. The molecule has 0 unspecified atom stereocenters. The summed E-state index contributed by atoms with van der Waals surface area (Å²) in [5.41, 5.74) is 7.22. The molecule has 150 valence electrons. The van der Waals surface area contributed by atoms with Crippen molar-refractivity contribution in [3.63, 3.8) is 0 Å². The van der Waals surface area contributed by atoms with Crippen LogP contribution in [0.5, 0.6) is 0 Å². The van der Waals surface area contributed by atoms with Gasteiger partial charge < -0.3 is 21.7 Å². The van der Waals surface area contributed by atoms with Gasteiger partial charge in [-0.1, -0.05) is 42.0 Å². The maximum absolute atomic E-state index is 12.3. The van der Waals surface area contributed by atoms with Gasteiger partial charge in [0.1, 0.15) is 18.1 Å². The fraction of sp³-hybridized carbons (Fsp3) is 0.400. The quantitative estimate of drug-likeness (QED) is 0.466. The molecule has 1 aliphatic heterocycles. The van der Waals surface area contributed by atoms with Gasteiger partial charge in [0.15, 0.2) is 0 Å². The minimum absolute atomic E-state index is 0.270. The van der Waals surface area contributed by atoms with Crippen molar-refractivity contribution in [3.8, 4) is 0 Å². The highest BCUT2D eigenvalue weighted by molar-refractivity contribution is 5.99. The molecule has 0 aromatic heterocycles. The zero-order chi connectivity index (χ0) is 20.7. The molecule has 1 saturated heterocycles. The summed E-state index contributed by atoms with van der Waals surface area (Å²) in [4.78, 5) is 48.3. The predicted molar refractivity (Wildman–Crippen MR) is 104 cm³/mol. The van der Waals surface area contributed by atoms with Crippen LogP contribution in [0.1, 0.15) is 32.3 Å². The Morgan fingerprint density at radius 1 is 1.11 bits per heavy atom.